The molecule has 2 aromatic rings. The molecule has 102 valence electrons. The van der Waals surface area contributed by atoms with Crippen molar-refractivity contribution >= 4 is 17.3 Å². The van der Waals surface area contributed by atoms with Crippen LogP contribution < -0.4 is 5.32 Å². The van der Waals surface area contributed by atoms with Crippen molar-refractivity contribution in [3.05, 3.63) is 59.7 Å². The number of carbonyl (C=O) groups excluding carboxylic acids is 1. The number of carbonyl (C=O) groups is 1. The van der Waals surface area contributed by atoms with Crippen LogP contribution in [0.25, 0.3) is 0 Å². The van der Waals surface area contributed by atoms with E-state index in [0.717, 1.165) is 5.56 Å². The fraction of sp³-hybridized carbons (Fsp3) is 0.0667. The van der Waals surface area contributed by atoms with E-state index in [1.54, 1.807) is 43.3 Å². The van der Waals surface area contributed by atoms with Gasteiger partial charge in [0.1, 0.15) is 5.75 Å². The van der Waals surface area contributed by atoms with Crippen molar-refractivity contribution in [3.63, 3.8) is 0 Å². The molecule has 0 fully saturated rings. The highest BCUT2D eigenvalue weighted by atomic mass is 16.4. The molecule has 0 aromatic heterocycles. The second kappa shape index (κ2) is 5.88. The van der Waals surface area contributed by atoms with Gasteiger partial charge in [-0.2, -0.15) is 0 Å². The van der Waals surface area contributed by atoms with Crippen LogP contribution in [-0.4, -0.2) is 21.9 Å². The average Bonchev–Trinajstić information content (AvgIpc) is 2.47. The molecule has 20 heavy (non-hydrogen) atoms. The van der Waals surface area contributed by atoms with E-state index in [4.69, 9.17) is 5.21 Å². The van der Waals surface area contributed by atoms with Crippen LogP contribution in [0.1, 0.15) is 22.8 Å². The van der Waals surface area contributed by atoms with Crippen LogP contribution in [0, 0.1) is 0 Å². The number of phenols is 1. The Kier molecular flexibility index (Phi) is 4.00. The molecular formula is C15H14N2O3. The number of amides is 1. The van der Waals surface area contributed by atoms with Gasteiger partial charge < -0.3 is 15.6 Å². The zero-order chi connectivity index (χ0) is 14.5. The minimum absolute atomic E-state index is 0.0442. The third kappa shape index (κ3) is 3.14. The van der Waals surface area contributed by atoms with Crippen LogP contribution in [0.5, 0.6) is 5.75 Å². The first kappa shape index (κ1) is 13.6. The van der Waals surface area contributed by atoms with Gasteiger partial charge in [-0.15, -0.1) is 0 Å². The molecule has 0 bridgehead atoms. The third-order valence-corrected chi connectivity index (χ3v) is 2.82. The molecule has 0 heterocycles. The van der Waals surface area contributed by atoms with Crippen molar-refractivity contribution < 1.29 is 15.1 Å². The summed E-state index contributed by atoms with van der Waals surface area (Å²) in [4.78, 5) is 12.0. The van der Waals surface area contributed by atoms with Crippen molar-refractivity contribution in [2.75, 3.05) is 5.32 Å². The van der Waals surface area contributed by atoms with Crippen LogP contribution in [0.4, 0.5) is 5.69 Å². The Morgan fingerprint density at radius 2 is 1.80 bits per heavy atom. The molecule has 0 saturated carbocycles. The summed E-state index contributed by atoms with van der Waals surface area (Å²) in [5, 5.41) is 23.8. The summed E-state index contributed by atoms with van der Waals surface area (Å²) in [5.41, 5.74) is 2.26. The van der Waals surface area contributed by atoms with E-state index < -0.39 is 0 Å². The van der Waals surface area contributed by atoms with Gasteiger partial charge in [-0.25, -0.2) is 0 Å². The summed E-state index contributed by atoms with van der Waals surface area (Å²) in [6.07, 6.45) is 0. The zero-order valence-corrected chi connectivity index (χ0v) is 10.9. The number of nitrogens with one attached hydrogen (secondary N) is 1. The molecule has 0 radical (unpaired) electrons. The quantitative estimate of drug-likeness (QED) is 0.455. The minimum Gasteiger partial charge on any atom is -0.508 e. The molecule has 0 unspecified atom stereocenters. The normalized spacial score (nSPS) is 11.2. The molecular weight excluding hydrogens is 256 g/mol. The number of nitrogens with zero attached hydrogens (tertiary/aromatic N) is 1. The topological polar surface area (TPSA) is 81.9 Å². The number of rotatable bonds is 3. The van der Waals surface area contributed by atoms with Gasteiger partial charge in [-0.3, -0.25) is 4.79 Å². The Balaban J connectivity index is 2.12. The summed E-state index contributed by atoms with van der Waals surface area (Å²) < 4.78 is 0. The first-order valence-corrected chi connectivity index (χ1v) is 5.99. The van der Waals surface area contributed by atoms with Crippen molar-refractivity contribution in [2.45, 2.75) is 6.92 Å². The predicted octanol–water partition coefficient (Wildman–Crippen LogP) is 2.84. The number of benzene rings is 2. The molecule has 2 aromatic carbocycles. The SMILES string of the molecule is C/C(=N\O)c1ccc(NC(=O)c2cccc(O)c2)cc1. The van der Waals surface area contributed by atoms with Crippen molar-refractivity contribution in [3.8, 4) is 5.75 Å². The molecule has 2 rings (SSSR count). The van der Waals surface area contributed by atoms with Gasteiger partial charge in [0.2, 0.25) is 0 Å². The third-order valence-electron chi connectivity index (χ3n) is 2.82. The van der Waals surface area contributed by atoms with Gasteiger partial charge in [0.15, 0.2) is 0 Å². The number of hydrogen-bond donors (Lipinski definition) is 3. The second-order valence-electron chi connectivity index (χ2n) is 4.27. The Morgan fingerprint density at radius 1 is 1.10 bits per heavy atom. The Labute approximate surface area is 116 Å². The number of hydrogen-bond acceptors (Lipinski definition) is 4. The van der Waals surface area contributed by atoms with E-state index >= 15 is 0 Å². The predicted molar refractivity (Wildman–Crippen MR) is 76.5 cm³/mol. The minimum atomic E-state index is -0.304. The first-order valence-electron chi connectivity index (χ1n) is 5.99. The van der Waals surface area contributed by atoms with Crippen molar-refractivity contribution in [1.29, 1.82) is 0 Å². The van der Waals surface area contributed by atoms with Gasteiger partial charge in [0.25, 0.3) is 5.91 Å². The molecule has 0 aliphatic heterocycles. The van der Waals surface area contributed by atoms with Gasteiger partial charge in [0, 0.05) is 11.3 Å². The molecule has 5 heteroatoms. The molecule has 0 atom stereocenters. The van der Waals surface area contributed by atoms with Gasteiger partial charge in [-0.1, -0.05) is 23.4 Å². The van der Waals surface area contributed by atoms with E-state index in [1.165, 1.54) is 12.1 Å². The van der Waals surface area contributed by atoms with Crippen LogP contribution in [-0.2, 0) is 0 Å². The van der Waals surface area contributed by atoms with Gasteiger partial charge >= 0.3 is 0 Å². The summed E-state index contributed by atoms with van der Waals surface area (Å²) in [5.74, 6) is -0.260. The van der Waals surface area contributed by atoms with Crippen LogP contribution in [0.15, 0.2) is 53.7 Å². The first-order chi connectivity index (χ1) is 9.60. The number of aromatic hydroxyl groups is 1. The molecule has 0 aliphatic rings. The molecule has 0 spiro atoms. The monoisotopic (exact) mass is 270 g/mol. The molecule has 0 aliphatic carbocycles. The summed E-state index contributed by atoms with van der Waals surface area (Å²) in [7, 11) is 0. The molecule has 3 N–H and O–H groups in total. The van der Waals surface area contributed by atoms with E-state index in [2.05, 4.69) is 10.5 Å². The molecule has 1 amide bonds. The Hall–Kier alpha value is -2.82. The average molecular weight is 270 g/mol. The fourth-order valence-electron chi connectivity index (χ4n) is 1.70. The zero-order valence-electron chi connectivity index (χ0n) is 10.9. The fourth-order valence-corrected chi connectivity index (χ4v) is 1.70. The van der Waals surface area contributed by atoms with E-state index in [-0.39, 0.29) is 11.7 Å². The van der Waals surface area contributed by atoms with Crippen molar-refractivity contribution in [2.24, 2.45) is 5.16 Å². The highest BCUT2D eigenvalue weighted by Crippen LogP contribution is 2.15. The summed E-state index contributed by atoms with van der Waals surface area (Å²) >= 11 is 0. The maximum Gasteiger partial charge on any atom is 0.255 e. The van der Waals surface area contributed by atoms with E-state index in [1.807, 2.05) is 0 Å². The van der Waals surface area contributed by atoms with Crippen molar-refractivity contribution in [1.82, 2.24) is 0 Å². The lowest BCUT2D eigenvalue weighted by Crippen LogP contribution is -2.11. The highest BCUT2D eigenvalue weighted by molar-refractivity contribution is 6.05. The number of anilines is 1. The lowest BCUT2D eigenvalue weighted by atomic mass is 10.1. The van der Waals surface area contributed by atoms with Crippen LogP contribution in [0.3, 0.4) is 0 Å². The van der Waals surface area contributed by atoms with Gasteiger partial charge in [-0.05, 0) is 42.8 Å². The lowest BCUT2D eigenvalue weighted by Gasteiger charge is -2.06. The summed E-state index contributed by atoms with van der Waals surface area (Å²) in [6.45, 7) is 1.68. The number of phenolic OH excluding ortho intramolecular Hbond substituents is 1. The van der Waals surface area contributed by atoms with Crippen LogP contribution in [0.2, 0.25) is 0 Å². The Bertz CT molecular complexity index is 648. The highest BCUT2D eigenvalue weighted by Gasteiger charge is 2.07. The van der Waals surface area contributed by atoms with E-state index in [9.17, 15) is 9.90 Å². The molecule has 5 nitrogen and oxygen atoms in total. The maximum atomic E-state index is 12.0. The Morgan fingerprint density at radius 3 is 2.40 bits per heavy atom. The molecule has 0 saturated heterocycles. The largest absolute Gasteiger partial charge is 0.508 e. The smallest absolute Gasteiger partial charge is 0.255 e. The van der Waals surface area contributed by atoms with Gasteiger partial charge in [0.05, 0.1) is 5.71 Å². The van der Waals surface area contributed by atoms with Crippen LogP contribution >= 0.6 is 0 Å². The second-order valence-corrected chi connectivity index (χ2v) is 4.27. The van der Waals surface area contributed by atoms with E-state index in [0.29, 0.717) is 17.0 Å². The summed E-state index contributed by atoms with van der Waals surface area (Å²) in [6, 6.07) is 13.0. The lowest BCUT2D eigenvalue weighted by molar-refractivity contribution is 0.102. The standard InChI is InChI=1S/C15H14N2O3/c1-10(17-20)11-5-7-13(8-6-11)16-15(19)12-3-2-4-14(18)9-12/h2-9,18,20H,1H3,(H,16,19)/b17-10+. The maximum absolute atomic E-state index is 12.0. The number of oxime groups is 1.